The molecule has 1 saturated heterocycles. The third-order valence-electron chi connectivity index (χ3n) is 3.94. The van der Waals surface area contributed by atoms with E-state index in [0.717, 1.165) is 39.1 Å². The van der Waals surface area contributed by atoms with Gasteiger partial charge < -0.3 is 20.3 Å². The van der Waals surface area contributed by atoms with Crippen molar-refractivity contribution < 1.29 is 14.9 Å². The molecule has 0 aromatic carbocycles. The summed E-state index contributed by atoms with van der Waals surface area (Å²) in [5.74, 6) is 0. The summed E-state index contributed by atoms with van der Waals surface area (Å²) in [6, 6.07) is 0. The first-order valence-corrected chi connectivity index (χ1v) is 7.00. The van der Waals surface area contributed by atoms with E-state index >= 15 is 0 Å². The molecule has 18 heavy (non-hydrogen) atoms. The Hall–Kier alpha value is -0.200. The number of β-amino-alcohol motifs (C(OH)–C–C–N with tert-alkyl or cyclic N) is 1. The van der Waals surface area contributed by atoms with Crippen LogP contribution in [0.4, 0.5) is 0 Å². The van der Waals surface area contributed by atoms with E-state index in [2.05, 4.69) is 24.1 Å². The van der Waals surface area contributed by atoms with Crippen molar-refractivity contribution in [3.05, 3.63) is 0 Å². The maximum atomic E-state index is 10.0. The van der Waals surface area contributed by atoms with Gasteiger partial charge in [-0.25, -0.2) is 0 Å². The second kappa shape index (κ2) is 8.07. The Kier molecular flexibility index (Phi) is 7.11. The summed E-state index contributed by atoms with van der Waals surface area (Å²) >= 11 is 0. The summed E-state index contributed by atoms with van der Waals surface area (Å²) in [5, 5.41) is 22.8. The molecule has 0 amide bonds. The number of hydrogen-bond acceptors (Lipinski definition) is 5. The largest absolute Gasteiger partial charge is 0.394 e. The third-order valence-corrected chi connectivity index (χ3v) is 3.94. The predicted octanol–water partition coefficient (Wildman–Crippen LogP) is -0.180. The van der Waals surface area contributed by atoms with Crippen LogP contribution in [-0.4, -0.2) is 72.8 Å². The van der Waals surface area contributed by atoms with Crippen LogP contribution in [0.5, 0.6) is 0 Å². The standard InChI is InChI=1S/C13H28N2O3/c1-3-13(4-2,11-16)14-9-12(17)10-15-5-7-18-8-6-15/h12,14,16-17H,3-11H2,1-2H3. The summed E-state index contributed by atoms with van der Waals surface area (Å²) in [4.78, 5) is 2.22. The molecule has 1 aliphatic rings. The maximum absolute atomic E-state index is 10.0. The van der Waals surface area contributed by atoms with Gasteiger partial charge in [0.2, 0.25) is 0 Å². The van der Waals surface area contributed by atoms with Crippen molar-refractivity contribution in [2.75, 3.05) is 46.0 Å². The number of morpholine rings is 1. The minimum atomic E-state index is -0.396. The minimum Gasteiger partial charge on any atom is -0.394 e. The van der Waals surface area contributed by atoms with Crippen molar-refractivity contribution in [1.82, 2.24) is 10.2 Å². The van der Waals surface area contributed by atoms with Gasteiger partial charge in [-0.15, -0.1) is 0 Å². The molecule has 1 heterocycles. The predicted molar refractivity (Wildman–Crippen MR) is 71.7 cm³/mol. The van der Waals surface area contributed by atoms with Crippen molar-refractivity contribution in [2.45, 2.75) is 38.3 Å². The third kappa shape index (κ3) is 4.82. The van der Waals surface area contributed by atoms with Crippen LogP contribution in [0.3, 0.4) is 0 Å². The molecule has 108 valence electrons. The highest BCUT2D eigenvalue weighted by atomic mass is 16.5. The molecular formula is C13H28N2O3. The average Bonchev–Trinajstić information content (AvgIpc) is 2.42. The molecule has 0 aromatic heterocycles. The summed E-state index contributed by atoms with van der Waals surface area (Å²) in [6.45, 7) is 8.72. The van der Waals surface area contributed by atoms with E-state index in [9.17, 15) is 10.2 Å². The fourth-order valence-electron chi connectivity index (χ4n) is 2.26. The molecule has 0 bridgehead atoms. The van der Waals surface area contributed by atoms with Crippen molar-refractivity contribution in [1.29, 1.82) is 0 Å². The number of rotatable bonds is 8. The zero-order valence-electron chi connectivity index (χ0n) is 11.7. The summed E-state index contributed by atoms with van der Waals surface area (Å²) in [7, 11) is 0. The fraction of sp³-hybridized carbons (Fsp3) is 1.00. The van der Waals surface area contributed by atoms with E-state index < -0.39 is 6.10 Å². The van der Waals surface area contributed by atoms with Gasteiger partial charge in [-0.2, -0.15) is 0 Å². The summed E-state index contributed by atoms with van der Waals surface area (Å²) in [5.41, 5.74) is -0.244. The van der Waals surface area contributed by atoms with Gasteiger partial charge in [0.15, 0.2) is 0 Å². The Morgan fingerprint density at radius 2 is 1.89 bits per heavy atom. The van der Waals surface area contributed by atoms with Gasteiger partial charge in [0.1, 0.15) is 0 Å². The quantitative estimate of drug-likeness (QED) is 0.565. The zero-order valence-corrected chi connectivity index (χ0v) is 11.7. The van der Waals surface area contributed by atoms with Crippen molar-refractivity contribution in [2.24, 2.45) is 0 Å². The zero-order chi connectivity index (χ0) is 13.4. The second-order valence-electron chi connectivity index (χ2n) is 5.09. The SMILES string of the molecule is CCC(CC)(CO)NCC(O)CN1CCOCC1. The Bertz CT molecular complexity index is 208. The van der Waals surface area contributed by atoms with Crippen LogP contribution in [0.15, 0.2) is 0 Å². The van der Waals surface area contributed by atoms with Crippen molar-refractivity contribution >= 4 is 0 Å². The molecule has 0 aliphatic carbocycles. The molecule has 3 N–H and O–H groups in total. The molecule has 1 aliphatic heterocycles. The van der Waals surface area contributed by atoms with E-state index in [0.29, 0.717) is 13.1 Å². The van der Waals surface area contributed by atoms with E-state index in [1.54, 1.807) is 0 Å². The number of nitrogens with zero attached hydrogens (tertiary/aromatic N) is 1. The van der Waals surface area contributed by atoms with Gasteiger partial charge in [-0.3, -0.25) is 4.90 Å². The molecule has 1 fully saturated rings. The normalized spacial score (nSPS) is 20.0. The summed E-state index contributed by atoms with van der Waals surface area (Å²) in [6.07, 6.45) is 1.33. The fourth-order valence-corrected chi connectivity index (χ4v) is 2.26. The Morgan fingerprint density at radius 1 is 1.28 bits per heavy atom. The van der Waals surface area contributed by atoms with Gasteiger partial charge in [-0.05, 0) is 12.8 Å². The molecule has 1 atom stereocenters. The molecule has 0 radical (unpaired) electrons. The van der Waals surface area contributed by atoms with Crippen molar-refractivity contribution in [3.8, 4) is 0 Å². The number of nitrogens with one attached hydrogen (secondary N) is 1. The molecule has 0 spiro atoms. The number of aliphatic hydroxyl groups excluding tert-OH is 2. The molecular weight excluding hydrogens is 232 g/mol. The first-order chi connectivity index (χ1) is 8.65. The highest BCUT2D eigenvalue weighted by molar-refractivity contribution is 4.86. The average molecular weight is 260 g/mol. The Morgan fingerprint density at radius 3 is 2.39 bits per heavy atom. The van der Waals surface area contributed by atoms with Crippen LogP contribution in [-0.2, 0) is 4.74 Å². The monoisotopic (exact) mass is 260 g/mol. The van der Waals surface area contributed by atoms with Crippen LogP contribution in [0.2, 0.25) is 0 Å². The van der Waals surface area contributed by atoms with E-state index in [1.165, 1.54) is 0 Å². The highest BCUT2D eigenvalue weighted by Gasteiger charge is 2.25. The molecule has 5 heteroatoms. The lowest BCUT2D eigenvalue weighted by atomic mass is 9.93. The van der Waals surface area contributed by atoms with Crippen LogP contribution in [0.25, 0.3) is 0 Å². The first kappa shape index (κ1) is 15.9. The molecule has 1 unspecified atom stereocenters. The number of hydrogen-bond donors (Lipinski definition) is 3. The van der Waals surface area contributed by atoms with Crippen LogP contribution < -0.4 is 5.32 Å². The van der Waals surface area contributed by atoms with Crippen LogP contribution in [0, 0.1) is 0 Å². The number of aliphatic hydroxyl groups is 2. The molecule has 0 aromatic rings. The Labute approximate surface area is 110 Å². The van der Waals surface area contributed by atoms with E-state index in [1.807, 2.05) is 0 Å². The topological polar surface area (TPSA) is 65.0 Å². The lowest BCUT2D eigenvalue weighted by Crippen LogP contribution is -2.52. The maximum Gasteiger partial charge on any atom is 0.0791 e. The first-order valence-electron chi connectivity index (χ1n) is 7.00. The van der Waals surface area contributed by atoms with Gasteiger partial charge in [0.05, 0.1) is 25.9 Å². The summed E-state index contributed by atoms with van der Waals surface area (Å²) < 4.78 is 5.28. The smallest absolute Gasteiger partial charge is 0.0791 e. The van der Waals surface area contributed by atoms with Gasteiger partial charge in [-0.1, -0.05) is 13.8 Å². The second-order valence-corrected chi connectivity index (χ2v) is 5.09. The van der Waals surface area contributed by atoms with Crippen LogP contribution >= 0.6 is 0 Å². The molecule has 0 saturated carbocycles. The lowest BCUT2D eigenvalue weighted by molar-refractivity contribution is 0.0121. The van der Waals surface area contributed by atoms with E-state index in [4.69, 9.17) is 4.74 Å². The van der Waals surface area contributed by atoms with Gasteiger partial charge in [0.25, 0.3) is 0 Å². The Balaban J connectivity index is 2.28. The minimum absolute atomic E-state index is 0.115. The van der Waals surface area contributed by atoms with Gasteiger partial charge >= 0.3 is 0 Å². The lowest BCUT2D eigenvalue weighted by Gasteiger charge is -2.33. The van der Waals surface area contributed by atoms with E-state index in [-0.39, 0.29) is 12.1 Å². The molecule has 1 rings (SSSR count). The molecule has 5 nitrogen and oxygen atoms in total. The number of ether oxygens (including phenoxy) is 1. The van der Waals surface area contributed by atoms with Crippen molar-refractivity contribution in [3.63, 3.8) is 0 Å². The highest BCUT2D eigenvalue weighted by Crippen LogP contribution is 2.13. The van der Waals surface area contributed by atoms with Crippen LogP contribution in [0.1, 0.15) is 26.7 Å². The van der Waals surface area contributed by atoms with Gasteiger partial charge in [0, 0.05) is 31.7 Å².